The molecule has 2 aromatic carbocycles. The summed E-state index contributed by atoms with van der Waals surface area (Å²) in [6.45, 7) is 0. The van der Waals surface area contributed by atoms with Crippen LogP contribution in [0.3, 0.4) is 0 Å². The van der Waals surface area contributed by atoms with Crippen molar-refractivity contribution >= 4 is 22.7 Å². The average molecular weight is 358 g/mol. The van der Waals surface area contributed by atoms with E-state index in [0.717, 1.165) is 33.3 Å². The fourth-order valence-corrected chi connectivity index (χ4v) is 3.18. The van der Waals surface area contributed by atoms with Crippen LogP contribution in [0.2, 0.25) is 0 Å². The van der Waals surface area contributed by atoms with Crippen molar-refractivity contribution in [1.29, 1.82) is 0 Å². The highest BCUT2D eigenvalue weighted by molar-refractivity contribution is 5.94. The second kappa shape index (κ2) is 6.92. The summed E-state index contributed by atoms with van der Waals surface area (Å²) in [5, 5.41) is 4.77. The number of benzene rings is 2. The lowest BCUT2D eigenvalue weighted by molar-refractivity contribution is 0.0999. The molecular formula is C21H18N4O2. The van der Waals surface area contributed by atoms with Gasteiger partial charge in [0.05, 0.1) is 5.39 Å². The van der Waals surface area contributed by atoms with Gasteiger partial charge in [-0.1, -0.05) is 29.4 Å². The smallest absolute Gasteiger partial charge is 0.248 e. The number of aryl methyl sites for hydroxylation is 2. The molecule has 4 rings (SSSR count). The van der Waals surface area contributed by atoms with Crippen molar-refractivity contribution < 1.29 is 9.32 Å². The zero-order chi connectivity index (χ0) is 18.8. The van der Waals surface area contributed by atoms with Crippen LogP contribution in [-0.2, 0) is 12.8 Å². The van der Waals surface area contributed by atoms with Crippen LogP contribution in [-0.4, -0.2) is 16.0 Å². The number of hydrogen-bond donors (Lipinski definition) is 2. The molecule has 4 aromatic rings. The third-order valence-electron chi connectivity index (χ3n) is 4.59. The van der Waals surface area contributed by atoms with Crippen molar-refractivity contribution in [2.45, 2.75) is 12.8 Å². The van der Waals surface area contributed by atoms with Gasteiger partial charge in [-0.25, -0.2) is 0 Å². The second-order valence-corrected chi connectivity index (χ2v) is 6.34. The van der Waals surface area contributed by atoms with E-state index in [1.807, 2.05) is 48.5 Å². The number of nitrogen functional groups attached to an aromatic ring is 1. The minimum atomic E-state index is -0.410. The van der Waals surface area contributed by atoms with Gasteiger partial charge in [0.25, 0.3) is 0 Å². The Morgan fingerprint density at radius 1 is 1.00 bits per heavy atom. The van der Waals surface area contributed by atoms with E-state index in [9.17, 15) is 4.79 Å². The van der Waals surface area contributed by atoms with E-state index in [4.69, 9.17) is 16.0 Å². The molecular weight excluding hydrogens is 340 g/mol. The molecule has 0 unspecified atom stereocenters. The Labute approximate surface area is 155 Å². The number of fused-ring (bicyclic) bond motifs is 1. The number of primary amides is 1. The Bertz CT molecular complexity index is 1130. The van der Waals surface area contributed by atoms with Crippen molar-refractivity contribution in [2.24, 2.45) is 5.73 Å². The number of nitrogens with zero attached hydrogens (tertiary/aromatic N) is 2. The Balaban J connectivity index is 1.58. The molecule has 2 heterocycles. The van der Waals surface area contributed by atoms with Gasteiger partial charge in [0, 0.05) is 17.5 Å². The fourth-order valence-electron chi connectivity index (χ4n) is 3.18. The summed E-state index contributed by atoms with van der Waals surface area (Å²) in [6.07, 6.45) is 3.18. The van der Waals surface area contributed by atoms with Crippen molar-refractivity contribution in [1.82, 2.24) is 10.1 Å². The van der Waals surface area contributed by atoms with E-state index in [0.29, 0.717) is 24.3 Å². The SMILES string of the molecule is NC(=O)c1ccccc1CCc1cc(-c2ccc3c(N)onc3c2)ccn1. The van der Waals surface area contributed by atoms with Gasteiger partial charge in [-0.05, 0) is 59.9 Å². The summed E-state index contributed by atoms with van der Waals surface area (Å²) < 4.78 is 5.03. The standard InChI is InChI=1S/C21H18N4O2/c22-20(26)17-4-2-1-3-13(17)5-7-16-11-15(9-10-24-16)14-6-8-18-19(12-14)25-27-21(18)23/h1-4,6,8-12H,5,7,23H2,(H2,22,26). The first-order valence-corrected chi connectivity index (χ1v) is 8.60. The van der Waals surface area contributed by atoms with Crippen LogP contribution < -0.4 is 11.5 Å². The number of hydrogen-bond acceptors (Lipinski definition) is 5. The lowest BCUT2D eigenvalue weighted by Crippen LogP contribution is -2.14. The van der Waals surface area contributed by atoms with E-state index in [-0.39, 0.29) is 0 Å². The summed E-state index contributed by atoms with van der Waals surface area (Å²) in [5.41, 5.74) is 16.4. The number of aromatic nitrogens is 2. The molecule has 0 atom stereocenters. The van der Waals surface area contributed by atoms with E-state index in [2.05, 4.69) is 10.1 Å². The summed E-state index contributed by atoms with van der Waals surface area (Å²) in [5.74, 6) is -0.0902. The number of pyridine rings is 1. The molecule has 0 aliphatic heterocycles. The van der Waals surface area contributed by atoms with Crippen LogP contribution >= 0.6 is 0 Å². The molecule has 6 heteroatoms. The maximum Gasteiger partial charge on any atom is 0.248 e. The van der Waals surface area contributed by atoms with Gasteiger partial charge in [0.2, 0.25) is 11.8 Å². The molecule has 0 saturated carbocycles. The largest absolute Gasteiger partial charge is 0.367 e. The monoisotopic (exact) mass is 358 g/mol. The molecule has 4 N–H and O–H groups in total. The Morgan fingerprint density at radius 3 is 2.67 bits per heavy atom. The van der Waals surface area contributed by atoms with Crippen molar-refractivity contribution in [2.75, 3.05) is 5.73 Å². The third kappa shape index (κ3) is 3.37. The van der Waals surface area contributed by atoms with Crippen LogP contribution in [0.15, 0.2) is 65.3 Å². The Hall–Kier alpha value is -3.67. The summed E-state index contributed by atoms with van der Waals surface area (Å²) in [7, 11) is 0. The van der Waals surface area contributed by atoms with Crippen LogP contribution in [0.25, 0.3) is 22.0 Å². The topological polar surface area (TPSA) is 108 Å². The quantitative estimate of drug-likeness (QED) is 0.569. The van der Waals surface area contributed by atoms with Gasteiger partial charge in [0.15, 0.2) is 0 Å². The van der Waals surface area contributed by atoms with Crippen LogP contribution in [0.5, 0.6) is 0 Å². The molecule has 0 bridgehead atoms. The van der Waals surface area contributed by atoms with Gasteiger partial charge >= 0.3 is 0 Å². The molecule has 0 aliphatic carbocycles. The van der Waals surface area contributed by atoms with E-state index in [1.165, 1.54) is 0 Å². The zero-order valence-electron chi connectivity index (χ0n) is 14.6. The van der Waals surface area contributed by atoms with Gasteiger partial charge in [-0.15, -0.1) is 0 Å². The molecule has 0 fully saturated rings. The summed E-state index contributed by atoms with van der Waals surface area (Å²) in [6, 6.07) is 17.2. The van der Waals surface area contributed by atoms with Crippen LogP contribution in [0.4, 0.5) is 5.88 Å². The highest BCUT2D eigenvalue weighted by Crippen LogP contribution is 2.27. The van der Waals surface area contributed by atoms with Crippen LogP contribution in [0, 0.1) is 0 Å². The average Bonchev–Trinajstić information content (AvgIpc) is 3.07. The lowest BCUT2D eigenvalue weighted by Gasteiger charge is -2.08. The molecule has 0 saturated heterocycles. The van der Waals surface area contributed by atoms with Crippen molar-refractivity contribution in [3.63, 3.8) is 0 Å². The summed E-state index contributed by atoms with van der Waals surface area (Å²) in [4.78, 5) is 16.0. The minimum absolute atomic E-state index is 0.320. The Morgan fingerprint density at radius 2 is 1.81 bits per heavy atom. The molecule has 134 valence electrons. The van der Waals surface area contributed by atoms with Gasteiger partial charge in [0.1, 0.15) is 5.52 Å². The lowest BCUT2D eigenvalue weighted by atomic mass is 9.99. The fraction of sp³-hybridized carbons (Fsp3) is 0.0952. The van der Waals surface area contributed by atoms with Crippen molar-refractivity contribution in [3.8, 4) is 11.1 Å². The zero-order valence-corrected chi connectivity index (χ0v) is 14.6. The molecule has 2 aromatic heterocycles. The first-order chi connectivity index (χ1) is 13.1. The molecule has 27 heavy (non-hydrogen) atoms. The highest BCUT2D eigenvalue weighted by Gasteiger charge is 2.09. The van der Waals surface area contributed by atoms with Gasteiger partial charge in [-0.3, -0.25) is 9.78 Å². The van der Waals surface area contributed by atoms with E-state index < -0.39 is 5.91 Å². The second-order valence-electron chi connectivity index (χ2n) is 6.34. The van der Waals surface area contributed by atoms with Crippen molar-refractivity contribution in [3.05, 3.63) is 77.6 Å². The first kappa shape index (κ1) is 16.8. The highest BCUT2D eigenvalue weighted by atomic mass is 16.5. The third-order valence-corrected chi connectivity index (χ3v) is 4.59. The molecule has 6 nitrogen and oxygen atoms in total. The number of carbonyl (C=O) groups is 1. The predicted octanol–water partition coefficient (Wildman–Crippen LogP) is 3.36. The number of carbonyl (C=O) groups excluding carboxylic acids is 1. The normalized spacial score (nSPS) is 11.0. The number of rotatable bonds is 5. The molecule has 0 radical (unpaired) electrons. The molecule has 0 aliphatic rings. The van der Waals surface area contributed by atoms with Gasteiger partial charge < -0.3 is 16.0 Å². The number of anilines is 1. The van der Waals surface area contributed by atoms with E-state index >= 15 is 0 Å². The number of amides is 1. The Kier molecular flexibility index (Phi) is 4.30. The molecule has 0 spiro atoms. The molecule has 1 amide bonds. The number of nitrogens with two attached hydrogens (primary N) is 2. The minimum Gasteiger partial charge on any atom is -0.367 e. The maximum absolute atomic E-state index is 11.6. The maximum atomic E-state index is 11.6. The first-order valence-electron chi connectivity index (χ1n) is 8.60. The van der Waals surface area contributed by atoms with E-state index in [1.54, 1.807) is 12.3 Å². The predicted molar refractivity (Wildman–Crippen MR) is 104 cm³/mol. The van der Waals surface area contributed by atoms with Crippen LogP contribution in [0.1, 0.15) is 21.6 Å². The van der Waals surface area contributed by atoms with Gasteiger partial charge in [-0.2, -0.15) is 0 Å². The summed E-state index contributed by atoms with van der Waals surface area (Å²) >= 11 is 0.